The Bertz CT molecular complexity index is 366. The molecule has 4 N–H and O–H groups in total. The molecule has 0 aliphatic heterocycles. The van der Waals surface area contributed by atoms with Crippen LogP contribution in [0.1, 0.15) is 162 Å². The summed E-state index contributed by atoms with van der Waals surface area (Å²) < 4.78 is 0. The largest absolute Gasteiger partial charge is 0.481 e. The lowest BCUT2D eigenvalue weighted by molar-refractivity contribution is -0.138. The number of unbranched alkanes of at least 4 members (excludes halogenated alkanes) is 16. The number of hydrogen-bond donors (Lipinski definition) is 4. The maximum absolute atomic E-state index is 10.2. The van der Waals surface area contributed by atoms with Crippen molar-refractivity contribution in [3.63, 3.8) is 0 Å². The average Bonchev–Trinajstić information content (AvgIpc) is 2.77. The predicted octanol–water partition coefficient (Wildman–Crippen LogP) is 8.08. The molecule has 0 radical (unpaired) electrons. The molecule has 34 heavy (non-hydrogen) atoms. The van der Waals surface area contributed by atoms with E-state index >= 15 is 0 Å². The van der Waals surface area contributed by atoms with E-state index in [9.17, 15) is 9.59 Å². The first-order chi connectivity index (χ1) is 16.3. The van der Waals surface area contributed by atoms with Crippen molar-refractivity contribution < 1.29 is 30.0 Å². The third kappa shape index (κ3) is 48.3. The molecule has 0 amide bonds. The van der Waals surface area contributed by atoms with Gasteiger partial charge in [-0.2, -0.15) is 0 Å². The Labute approximate surface area is 210 Å². The van der Waals surface area contributed by atoms with Crippen LogP contribution in [0.4, 0.5) is 0 Å². The van der Waals surface area contributed by atoms with Gasteiger partial charge >= 0.3 is 11.9 Å². The van der Waals surface area contributed by atoms with Crippen molar-refractivity contribution >= 4 is 11.9 Å². The minimum absolute atomic E-state index is 0.343. The summed E-state index contributed by atoms with van der Waals surface area (Å²) >= 11 is 0. The molecule has 0 aromatic rings. The Morgan fingerprint density at radius 3 is 0.912 bits per heavy atom. The van der Waals surface area contributed by atoms with E-state index in [0.717, 1.165) is 32.1 Å². The molecule has 0 saturated heterocycles. The van der Waals surface area contributed by atoms with Crippen molar-refractivity contribution in [1.29, 1.82) is 0 Å². The Hall–Kier alpha value is -1.14. The monoisotopic (exact) mass is 490 g/mol. The van der Waals surface area contributed by atoms with Crippen molar-refractivity contribution in [3.05, 3.63) is 0 Å². The van der Waals surface area contributed by atoms with Crippen LogP contribution in [0.3, 0.4) is 0 Å². The lowest BCUT2D eigenvalue weighted by Crippen LogP contribution is -2.01. The summed E-state index contributed by atoms with van der Waals surface area (Å²) in [6.45, 7) is 6.36. The quantitative estimate of drug-likeness (QED) is 0.0900. The highest BCUT2D eigenvalue weighted by Crippen LogP contribution is 2.11. The van der Waals surface area contributed by atoms with Crippen LogP contribution in [0.5, 0.6) is 0 Å². The van der Waals surface area contributed by atoms with E-state index in [2.05, 4.69) is 13.8 Å². The van der Waals surface area contributed by atoms with Gasteiger partial charge in [0.25, 0.3) is 0 Å². The van der Waals surface area contributed by atoms with Crippen LogP contribution in [-0.2, 0) is 9.59 Å². The Morgan fingerprint density at radius 1 is 0.471 bits per heavy atom. The summed E-state index contributed by atoms with van der Waals surface area (Å²) in [6.07, 6.45) is 23.2. The van der Waals surface area contributed by atoms with E-state index in [1.165, 1.54) is 89.9 Å². The molecule has 0 heterocycles. The predicted molar refractivity (Wildman–Crippen MR) is 142 cm³/mol. The zero-order valence-corrected chi connectivity index (χ0v) is 22.7. The number of aliphatic hydroxyl groups excluding tert-OH is 1. The molecular weight excluding hydrogens is 432 g/mol. The maximum Gasteiger partial charge on any atom is 0.303 e. The molecule has 0 bridgehead atoms. The summed E-state index contributed by atoms with van der Waals surface area (Å²) in [7, 11) is 0. The SMILES string of the molecule is CCCC(O)O.CCCCCCCCCCCC(=O)O.CCCCCCCCCCCC(=O)O. The van der Waals surface area contributed by atoms with Crippen LogP contribution in [-0.4, -0.2) is 38.7 Å². The molecule has 0 aromatic heterocycles. The van der Waals surface area contributed by atoms with Gasteiger partial charge in [0.15, 0.2) is 6.29 Å². The second kappa shape index (κ2) is 34.0. The van der Waals surface area contributed by atoms with Crippen molar-refractivity contribution in [1.82, 2.24) is 0 Å². The molecule has 0 aromatic carbocycles. The third-order valence-electron chi connectivity index (χ3n) is 5.54. The molecule has 0 aliphatic rings. The summed E-state index contributed by atoms with van der Waals surface area (Å²) in [6, 6.07) is 0. The number of carboxylic acids is 2. The van der Waals surface area contributed by atoms with E-state index in [-0.39, 0.29) is 0 Å². The zero-order valence-electron chi connectivity index (χ0n) is 22.7. The fourth-order valence-electron chi connectivity index (χ4n) is 3.43. The van der Waals surface area contributed by atoms with Crippen LogP contribution in [0.15, 0.2) is 0 Å². The zero-order chi connectivity index (χ0) is 26.3. The summed E-state index contributed by atoms with van der Waals surface area (Å²) in [4.78, 5) is 20.4. The van der Waals surface area contributed by atoms with Gasteiger partial charge in [-0.3, -0.25) is 9.59 Å². The maximum atomic E-state index is 10.2. The Morgan fingerprint density at radius 2 is 0.735 bits per heavy atom. The third-order valence-corrected chi connectivity index (χ3v) is 5.54. The lowest BCUT2D eigenvalue weighted by Gasteiger charge is -2.00. The number of carboxylic acid groups (broad SMARTS) is 2. The first-order valence-electron chi connectivity index (χ1n) is 14.1. The van der Waals surface area contributed by atoms with Gasteiger partial charge in [-0.25, -0.2) is 0 Å². The van der Waals surface area contributed by atoms with Crippen LogP contribution >= 0.6 is 0 Å². The fraction of sp³-hybridized carbons (Fsp3) is 0.929. The molecule has 0 unspecified atom stereocenters. The molecule has 0 rings (SSSR count). The van der Waals surface area contributed by atoms with Crippen molar-refractivity contribution in [2.24, 2.45) is 0 Å². The van der Waals surface area contributed by atoms with Crippen LogP contribution in [0.25, 0.3) is 0 Å². The van der Waals surface area contributed by atoms with E-state index < -0.39 is 18.2 Å². The first kappa shape index (κ1) is 37.4. The van der Waals surface area contributed by atoms with Crippen molar-refractivity contribution in [3.8, 4) is 0 Å². The fourth-order valence-corrected chi connectivity index (χ4v) is 3.43. The summed E-state index contributed by atoms with van der Waals surface area (Å²) in [5, 5.41) is 33.0. The summed E-state index contributed by atoms with van der Waals surface area (Å²) in [5.74, 6) is -1.32. The first-order valence-corrected chi connectivity index (χ1v) is 14.1. The van der Waals surface area contributed by atoms with Crippen LogP contribution in [0, 0.1) is 0 Å². The minimum atomic E-state index is -1.10. The number of aliphatic hydroxyl groups is 2. The van der Waals surface area contributed by atoms with Gasteiger partial charge in [-0.05, 0) is 19.3 Å². The molecule has 6 nitrogen and oxygen atoms in total. The van der Waals surface area contributed by atoms with Crippen molar-refractivity contribution in [2.45, 2.75) is 168 Å². The number of aliphatic carboxylic acids is 2. The van der Waals surface area contributed by atoms with Gasteiger partial charge in [0.2, 0.25) is 0 Å². The molecule has 0 saturated carbocycles. The van der Waals surface area contributed by atoms with E-state index in [0.29, 0.717) is 19.3 Å². The molecular formula is C28H58O6. The second-order valence-electron chi connectivity index (χ2n) is 9.21. The lowest BCUT2D eigenvalue weighted by atomic mass is 10.1. The highest BCUT2D eigenvalue weighted by Gasteiger charge is 1.97. The van der Waals surface area contributed by atoms with Crippen LogP contribution < -0.4 is 0 Å². The van der Waals surface area contributed by atoms with Gasteiger partial charge < -0.3 is 20.4 Å². The van der Waals surface area contributed by atoms with Crippen LogP contribution in [0.2, 0.25) is 0 Å². The number of carbonyl (C=O) groups is 2. The molecule has 0 spiro atoms. The van der Waals surface area contributed by atoms with Gasteiger partial charge in [0, 0.05) is 12.8 Å². The van der Waals surface area contributed by atoms with Gasteiger partial charge in [0.05, 0.1) is 0 Å². The van der Waals surface area contributed by atoms with E-state index in [1.807, 2.05) is 6.92 Å². The topological polar surface area (TPSA) is 115 Å². The minimum Gasteiger partial charge on any atom is -0.481 e. The number of rotatable bonds is 22. The van der Waals surface area contributed by atoms with Gasteiger partial charge in [-0.1, -0.05) is 130 Å². The highest BCUT2D eigenvalue weighted by molar-refractivity contribution is 5.66. The van der Waals surface area contributed by atoms with Crippen molar-refractivity contribution in [2.75, 3.05) is 0 Å². The normalized spacial score (nSPS) is 10.3. The standard InChI is InChI=1S/2C12H24O2.C4H10O2/c2*1-2-3-4-5-6-7-8-9-10-11-12(13)14;1-2-3-4(5)6/h2*2-11H2,1H3,(H,13,14);4-6H,2-3H2,1H3. The molecule has 6 heteroatoms. The molecule has 0 atom stereocenters. The smallest absolute Gasteiger partial charge is 0.303 e. The molecule has 0 fully saturated rings. The second-order valence-corrected chi connectivity index (χ2v) is 9.21. The van der Waals surface area contributed by atoms with E-state index in [1.54, 1.807) is 0 Å². The average molecular weight is 491 g/mol. The Kier molecular flexibility index (Phi) is 37.4. The highest BCUT2D eigenvalue weighted by atomic mass is 16.5. The molecule has 0 aliphatic carbocycles. The van der Waals surface area contributed by atoms with Gasteiger partial charge in [0.1, 0.15) is 0 Å². The summed E-state index contributed by atoms with van der Waals surface area (Å²) in [5.41, 5.74) is 0. The Balaban J connectivity index is -0.000000458. The van der Waals surface area contributed by atoms with E-state index in [4.69, 9.17) is 20.4 Å². The molecule has 206 valence electrons. The van der Waals surface area contributed by atoms with Gasteiger partial charge in [-0.15, -0.1) is 0 Å². The number of hydrogen-bond acceptors (Lipinski definition) is 4.